The van der Waals surface area contributed by atoms with Gasteiger partial charge in [0.05, 0.1) is 13.2 Å². The van der Waals surface area contributed by atoms with E-state index in [4.69, 9.17) is 4.74 Å². The van der Waals surface area contributed by atoms with Crippen LogP contribution in [0.1, 0.15) is 19.4 Å². The molecule has 0 bridgehead atoms. The maximum atomic E-state index is 13.7. The van der Waals surface area contributed by atoms with Gasteiger partial charge in [-0.2, -0.15) is 0 Å². The van der Waals surface area contributed by atoms with Crippen LogP contribution in [0.3, 0.4) is 0 Å². The molecule has 1 atom stereocenters. The summed E-state index contributed by atoms with van der Waals surface area (Å²) < 4.78 is 18.7. The van der Waals surface area contributed by atoms with E-state index in [-0.39, 0.29) is 18.2 Å². The first kappa shape index (κ1) is 13.3. The van der Waals surface area contributed by atoms with Gasteiger partial charge in [0.25, 0.3) is 5.91 Å². The molecule has 0 unspecified atom stereocenters. The Labute approximate surface area is 110 Å². The Balaban J connectivity index is 2.14. The smallest absolute Gasteiger partial charge is 0.325 e. The first-order valence-electron chi connectivity index (χ1n) is 6.06. The lowest BCUT2D eigenvalue weighted by Crippen LogP contribution is -2.30. The van der Waals surface area contributed by atoms with Crippen molar-refractivity contribution in [1.82, 2.24) is 10.2 Å². The molecule has 1 heterocycles. The van der Waals surface area contributed by atoms with Crippen molar-refractivity contribution < 1.29 is 18.7 Å². The average Bonchev–Trinajstić information content (AvgIpc) is 2.60. The molecular weight excluding hydrogens is 251 g/mol. The van der Waals surface area contributed by atoms with Crippen molar-refractivity contribution in [2.24, 2.45) is 0 Å². The van der Waals surface area contributed by atoms with Crippen molar-refractivity contribution >= 4 is 11.9 Å². The van der Waals surface area contributed by atoms with Crippen LogP contribution in [0.5, 0.6) is 5.75 Å². The number of rotatable bonds is 4. The van der Waals surface area contributed by atoms with Gasteiger partial charge in [-0.15, -0.1) is 0 Å². The van der Waals surface area contributed by atoms with E-state index in [1.807, 2.05) is 0 Å². The van der Waals surface area contributed by atoms with E-state index in [2.05, 4.69) is 5.32 Å². The number of hydrogen-bond acceptors (Lipinski definition) is 3. The van der Waals surface area contributed by atoms with E-state index in [1.54, 1.807) is 19.9 Å². The summed E-state index contributed by atoms with van der Waals surface area (Å²) in [7, 11) is 0. The summed E-state index contributed by atoms with van der Waals surface area (Å²) in [5.74, 6) is -0.643. The second kappa shape index (κ2) is 5.26. The van der Waals surface area contributed by atoms with Crippen LogP contribution >= 0.6 is 0 Å². The highest BCUT2D eigenvalue weighted by Gasteiger charge is 2.34. The van der Waals surface area contributed by atoms with Gasteiger partial charge < -0.3 is 10.1 Å². The Morgan fingerprint density at radius 3 is 2.68 bits per heavy atom. The summed E-state index contributed by atoms with van der Waals surface area (Å²) in [6, 6.07) is 3.43. The summed E-state index contributed by atoms with van der Waals surface area (Å²) in [5, 5.41) is 2.50. The molecule has 6 heteroatoms. The van der Waals surface area contributed by atoms with Crippen molar-refractivity contribution in [2.45, 2.75) is 26.4 Å². The Bertz CT molecular complexity index is 519. The predicted octanol–water partition coefficient (Wildman–Crippen LogP) is 1.66. The molecule has 1 aliphatic heterocycles. The Kier molecular flexibility index (Phi) is 3.69. The third kappa shape index (κ3) is 2.67. The monoisotopic (exact) mass is 266 g/mol. The molecule has 0 aromatic heterocycles. The molecule has 19 heavy (non-hydrogen) atoms. The standard InChI is InChI=1S/C13H15FN2O3/c1-3-19-11-5-4-9(6-10(11)14)7-16-12(17)8(2)15-13(16)18/h4-6,8H,3,7H2,1-2H3,(H,15,18)/t8-/m0/s1. The summed E-state index contributed by atoms with van der Waals surface area (Å²) in [6.45, 7) is 3.81. The third-order valence-corrected chi connectivity index (χ3v) is 2.86. The van der Waals surface area contributed by atoms with Gasteiger partial charge in [-0.25, -0.2) is 9.18 Å². The van der Waals surface area contributed by atoms with Crippen LogP contribution in [-0.2, 0) is 11.3 Å². The Morgan fingerprint density at radius 2 is 2.16 bits per heavy atom. The Morgan fingerprint density at radius 1 is 1.42 bits per heavy atom. The van der Waals surface area contributed by atoms with Gasteiger partial charge >= 0.3 is 6.03 Å². The van der Waals surface area contributed by atoms with Crippen molar-refractivity contribution in [2.75, 3.05) is 6.61 Å². The highest BCUT2D eigenvalue weighted by molar-refractivity contribution is 6.03. The lowest BCUT2D eigenvalue weighted by Gasteiger charge is -2.13. The van der Waals surface area contributed by atoms with Crippen LogP contribution in [0.15, 0.2) is 18.2 Å². The lowest BCUT2D eigenvalue weighted by atomic mass is 10.2. The SMILES string of the molecule is CCOc1ccc(CN2C(=O)N[C@@H](C)C2=O)cc1F. The number of urea groups is 1. The number of halogens is 1. The number of ether oxygens (including phenoxy) is 1. The highest BCUT2D eigenvalue weighted by Crippen LogP contribution is 2.20. The number of nitrogens with zero attached hydrogens (tertiary/aromatic N) is 1. The average molecular weight is 266 g/mol. The molecule has 0 spiro atoms. The first-order valence-corrected chi connectivity index (χ1v) is 6.06. The quantitative estimate of drug-likeness (QED) is 0.843. The van der Waals surface area contributed by atoms with Crippen LogP contribution < -0.4 is 10.1 Å². The number of carbonyl (C=O) groups is 2. The van der Waals surface area contributed by atoms with Crippen molar-refractivity contribution in [3.05, 3.63) is 29.6 Å². The Hall–Kier alpha value is -2.11. The van der Waals surface area contributed by atoms with Crippen molar-refractivity contribution in [1.29, 1.82) is 0 Å². The van der Waals surface area contributed by atoms with Gasteiger partial charge in [0.2, 0.25) is 0 Å². The van der Waals surface area contributed by atoms with E-state index in [9.17, 15) is 14.0 Å². The van der Waals surface area contributed by atoms with Gasteiger partial charge in [-0.3, -0.25) is 9.69 Å². The number of nitrogens with one attached hydrogen (secondary N) is 1. The molecule has 1 aromatic carbocycles. The van der Waals surface area contributed by atoms with Gasteiger partial charge in [0.1, 0.15) is 6.04 Å². The number of hydrogen-bond donors (Lipinski definition) is 1. The molecule has 2 rings (SSSR count). The zero-order valence-electron chi connectivity index (χ0n) is 10.8. The van der Waals surface area contributed by atoms with Crippen LogP contribution in [0.4, 0.5) is 9.18 Å². The number of imide groups is 1. The molecule has 1 aromatic rings. The van der Waals surface area contributed by atoms with Gasteiger partial charge in [0, 0.05) is 0 Å². The molecule has 1 N–H and O–H groups in total. The third-order valence-electron chi connectivity index (χ3n) is 2.86. The zero-order valence-corrected chi connectivity index (χ0v) is 10.8. The van der Waals surface area contributed by atoms with Crippen molar-refractivity contribution in [3.8, 4) is 5.75 Å². The minimum absolute atomic E-state index is 0.0539. The summed E-state index contributed by atoms with van der Waals surface area (Å²) in [4.78, 5) is 24.3. The summed E-state index contributed by atoms with van der Waals surface area (Å²) in [6.07, 6.45) is 0. The van der Waals surface area contributed by atoms with E-state index >= 15 is 0 Å². The maximum absolute atomic E-state index is 13.7. The molecule has 3 amide bonds. The maximum Gasteiger partial charge on any atom is 0.325 e. The zero-order chi connectivity index (χ0) is 14.0. The number of carbonyl (C=O) groups excluding carboxylic acids is 2. The first-order chi connectivity index (χ1) is 9.02. The highest BCUT2D eigenvalue weighted by atomic mass is 19.1. The minimum atomic E-state index is -0.528. The lowest BCUT2D eigenvalue weighted by molar-refractivity contribution is -0.127. The van der Waals surface area contributed by atoms with Crippen LogP contribution in [0, 0.1) is 5.82 Å². The predicted molar refractivity (Wildman–Crippen MR) is 66.1 cm³/mol. The summed E-state index contributed by atoms with van der Waals surface area (Å²) in [5.41, 5.74) is 0.540. The van der Waals surface area contributed by atoms with Gasteiger partial charge in [-0.05, 0) is 31.5 Å². The van der Waals surface area contributed by atoms with Crippen LogP contribution in [-0.4, -0.2) is 29.5 Å². The van der Waals surface area contributed by atoms with E-state index in [0.717, 1.165) is 4.90 Å². The number of benzene rings is 1. The molecule has 5 nitrogen and oxygen atoms in total. The molecular formula is C13H15FN2O3. The van der Waals surface area contributed by atoms with E-state index in [1.165, 1.54) is 12.1 Å². The molecule has 0 radical (unpaired) electrons. The van der Waals surface area contributed by atoms with Crippen molar-refractivity contribution in [3.63, 3.8) is 0 Å². The largest absolute Gasteiger partial charge is 0.491 e. The van der Waals surface area contributed by atoms with Gasteiger partial charge in [-0.1, -0.05) is 6.07 Å². The molecule has 102 valence electrons. The van der Waals surface area contributed by atoms with Crippen LogP contribution in [0.2, 0.25) is 0 Å². The molecule has 1 aliphatic rings. The molecule has 0 saturated carbocycles. The molecule has 0 aliphatic carbocycles. The molecule has 1 saturated heterocycles. The fourth-order valence-corrected chi connectivity index (χ4v) is 1.91. The normalized spacial score (nSPS) is 18.7. The van der Waals surface area contributed by atoms with Crippen LogP contribution in [0.25, 0.3) is 0 Å². The second-order valence-corrected chi connectivity index (χ2v) is 4.29. The fourth-order valence-electron chi connectivity index (χ4n) is 1.91. The minimum Gasteiger partial charge on any atom is -0.491 e. The topological polar surface area (TPSA) is 58.6 Å². The number of amides is 3. The summed E-state index contributed by atoms with van der Waals surface area (Å²) >= 11 is 0. The van der Waals surface area contributed by atoms with E-state index < -0.39 is 17.9 Å². The molecule has 1 fully saturated rings. The second-order valence-electron chi connectivity index (χ2n) is 4.29. The van der Waals surface area contributed by atoms with E-state index in [0.29, 0.717) is 12.2 Å². The fraction of sp³-hybridized carbons (Fsp3) is 0.385. The van der Waals surface area contributed by atoms with Gasteiger partial charge in [0.15, 0.2) is 11.6 Å².